The van der Waals surface area contributed by atoms with Crippen molar-refractivity contribution in [2.75, 3.05) is 32.1 Å². The van der Waals surface area contributed by atoms with E-state index in [1.165, 1.54) is 33.3 Å². The molecule has 6 N–H and O–H groups in total. The molecule has 1 fully saturated rings. The highest BCUT2D eigenvalue weighted by Gasteiger charge is 2.50. The molecule has 314 valence electrons. The summed E-state index contributed by atoms with van der Waals surface area (Å²) in [6.07, 6.45) is 5.26. The maximum Gasteiger partial charge on any atom is 0.312 e. The molecule has 6 rings (SSSR count). The average Bonchev–Trinajstić information content (AvgIpc) is 3.46. The molecule has 0 aromatic heterocycles. The fourth-order valence-electron chi connectivity index (χ4n) is 8.67. The lowest BCUT2D eigenvalue weighted by molar-refractivity contribution is -0.160. The zero-order chi connectivity index (χ0) is 42.4. The number of benzene rings is 2. The van der Waals surface area contributed by atoms with Crippen molar-refractivity contribution in [3.8, 4) is 17.2 Å². The van der Waals surface area contributed by atoms with Crippen molar-refractivity contribution >= 4 is 34.1 Å². The standard InChI is InChI=1S/C43H56N4O11/c1-20-11-10-12-21(2)41(54)46-33-32-31(47-43(19-45-32)14-16-44-17-15-43)28-29(37(33)52)36(51)25(6)39-30(28)40(53)42(8,58-39)56-18-13-27(55-9)22(3)38(57-26(7)48)24(5)35(50)23(4)34(20)49/h10-13,18,20,22-24,27,34-35,38,44,47,49-52H,14-17,19H2,1-9H3/b11-10-,18-13-,21-12+,46-33?/t20-,22?,23+,24+,27-,34-,35+,38-,42-/m0/s1. The highest BCUT2D eigenvalue weighted by Crippen LogP contribution is 2.51. The molecule has 4 heterocycles. The molecular weight excluding hydrogens is 748 g/mol. The first-order valence-corrected chi connectivity index (χ1v) is 19.9. The van der Waals surface area contributed by atoms with Crippen LogP contribution >= 0.6 is 0 Å². The number of amides is 1. The number of piperidine rings is 1. The predicted molar refractivity (Wildman–Crippen MR) is 214 cm³/mol. The van der Waals surface area contributed by atoms with Gasteiger partial charge in [-0.25, -0.2) is 4.99 Å². The molecule has 1 spiro atoms. The monoisotopic (exact) mass is 804 g/mol. The summed E-state index contributed by atoms with van der Waals surface area (Å²) < 4.78 is 23.9. The van der Waals surface area contributed by atoms with Gasteiger partial charge in [0, 0.05) is 61.2 Å². The number of aliphatic hydroxyl groups is 2. The Hall–Kier alpha value is -4.83. The van der Waals surface area contributed by atoms with Crippen molar-refractivity contribution in [3.63, 3.8) is 0 Å². The molecular formula is C43H56N4O11. The van der Waals surface area contributed by atoms with Crippen molar-refractivity contribution in [2.24, 2.45) is 33.7 Å². The summed E-state index contributed by atoms with van der Waals surface area (Å²) in [4.78, 5) is 50.0. The first kappa shape index (κ1) is 42.8. The van der Waals surface area contributed by atoms with Crippen LogP contribution in [0.2, 0.25) is 0 Å². The Bertz CT molecular complexity index is 2210. The number of hydrogen-bond donors (Lipinski definition) is 6. The lowest BCUT2D eigenvalue weighted by atomic mass is 9.78. The molecule has 0 aliphatic carbocycles. The number of hydrogen-bond acceptors (Lipinski definition) is 14. The highest BCUT2D eigenvalue weighted by molar-refractivity contribution is 6.21. The third-order valence-corrected chi connectivity index (χ3v) is 12.4. The molecule has 15 nitrogen and oxygen atoms in total. The van der Waals surface area contributed by atoms with E-state index < -0.39 is 82.8 Å². The van der Waals surface area contributed by atoms with Crippen LogP contribution in [0.25, 0.3) is 10.8 Å². The summed E-state index contributed by atoms with van der Waals surface area (Å²) in [5, 5.41) is 53.6. The van der Waals surface area contributed by atoms with Crippen LogP contribution in [-0.4, -0.2) is 101 Å². The number of phenolic OH excluding ortho intramolecular Hbond substituents is 2. The number of fused-ring (bicyclic) bond motifs is 1. The number of nitrogens with zero attached hydrogens (tertiary/aromatic N) is 2. The quantitative estimate of drug-likeness (QED) is 0.190. The summed E-state index contributed by atoms with van der Waals surface area (Å²) in [5.41, 5.74) is 0.208. The number of ketones is 1. The summed E-state index contributed by atoms with van der Waals surface area (Å²) >= 11 is 0. The van der Waals surface area contributed by atoms with Crippen LogP contribution in [0.15, 0.2) is 46.1 Å². The zero-order valence-electron chi connectivity index (χ0n) is 34.6. The first-order valence-electron chi connectivity index (χ1n) is 19.9. The molecule has 2 aromatic carbocycles. The van der Waals surface area contributed by atoms with E-state index >= 15 is 0 Å². The summed E-state index contributed by atoms with van der Waals surface area (Å²) in [5.74, 6) is -7.04. The number of carbonyl (C=O) groups is 3. The van der Waals surface area contributed by atoms with Crippen molar-refractivity contribution in [1.82, 2.24) is 5.32 Å². The van der Waals surface area contributed by atoms with Gasteiger partial charge in [0.15, 0.2) is 5.75 Å². The smallest absolute Gasteiger partial charge is 0.312 e. The van der Waals surface area contributed by atoms with E-state index in [0.29, 0.717) is 38.2 Å². The Morgan fingerprint density at radius 2 is 1.64 bits per heavy atom. The van der Waals surface area contributed by atoms with E-state index in [4.69, 9.17) is 23.9 Å². The number of anilines is 1. The van der Waals surface area contributed by atoms with Gasteiger partial charge in [-0.15, -0.1) is 0 Å². The largest absolute Gasteiger partial charge is 0.507 e. The lowest BCUT2D eigenvalue weighted by Gasteiger charge is -2.40. The van der Waals surface area contributed by atoms with E-state index in [1.807, 2.05) is 0 Å². The number of esters is 1. The van der Waals surface area contributed by atoms with Crippen molar-refractivity contribution < 1.29 is 53.8 Å². The van der Waals surface area contributed by atoms with Crippen LogP contribution in [0.1, 0.15) is 77.2 Å². The van der Waals surface area contributed by atoms with E-state index in [1.54, 1.807) is 59.8 Å². The Morgan fingerprint density at radius 3 is 2.29 bits per heavy atom. The third-order valence-electron chi connectivity index (χ3n) is 12.4. The van der Waals surface area contributed by atoms with Crippen molar-refractivity contribution in [2.45, 2.75) is 104 Å². The Balaban J connectivity index is 1.57. The molecule has 4 aliphatic heterocycles. The normalized spacial score (nSPS) is 33.5. The van der Waals surface area contributed by atoms with Crippen LogP contribution in [0, 0.1) is 30.6 Å². The molecule has 4 aliphatic rings. The highest BCUT2D eigenvalue weighted by atomic mass is 16.7. The molecule has 0 radical (unpaired) electrons. The Morgan fingerprint density at radius 1 is 0.948 bits per heavy atom. The third kappa shape index (κ3) is 7.60. The average molecular weight is 805 g/mol. The maximum absolute atomic E-state index is 14.7. The number of Topliss-reactive ketones (excluding diaryl/α,β-unsaturated/α-hetero) is 1. The predicted octanol–water partition coefficient (Wildman–Crippen LogP) is 3.42. The van der Waals surface area contributed by atoms with Gasteiger partial charge in [-0.05, 0) is 45.9 Å². The molecule has 1 unspecified atom stereocenters. The molecule has 58 heavy (non-hydrogen) atoms. The molecule has 4 bridgehead atoms. The number of allylic oxidation sites excluding steroid dienone is 2. The van der Waals surface area contributed by atoms with Crippen molar-refractivity contribution in [3.05, 3.63) is 58.0 Å². The molecule has 1 amide bonds. The second-order valence-corrected chi connectivity index (χ2v) is 16.5. The van der Waals surface area contributed by atoms with Gasteiger partial charge in [0.1, 0.15) is 28.3 Å². The minimum absolute atomic E-state index is 0.0507. The van der Waals surface area contributed by atoms with E-state index in [0.717, 1.165) is 0 Å². The van der Waals surface area contributed by atoms with Gasteiger partial charge in [0.05, 0.1) is 53.3 Å². The topological polar surface area (TPSA) is 218 Å². The van der Waals surface area contributed by atoms with Crippen molar-refractivity contribution in [1.29, 1.82) is 0 Å². The minimum Gasteiger partial charge on any atom is -0.507 e. The van der Waals surface area contributed by atoms with Crippen LogP contribution in [0.5, 0.6) is 17.2 Å². The first-order chi connectivity index (χ1) is 27.4. The van der Waals surface area contributed by atoms with Crippen LogP contribution in [0.3, 0.4) is 0 Å². The molecule has 9 atom stereocenters. The summed E-state index contributed by atoms with van der Waals surface area (Å²) in [7, 11) is 1.47. The minimum atomic E-state index is -1.95. The molecule has 2 aromatic rings. The number of aliphatic hydroxyl groups excluding tert-OH is 2. The maximum atomic E-state index is 14.7. The number of nitrogens with one attached hydrogen (secondary N) is 2. The summed E-state index contributed by atoms with van der Waals surface area (Å²) in [6.45, 7) is 14.5. The van der Waals surface area contributed by atoms with Crippen LogP contribution < -0.4 is 26.1 Å². The summed E-state index contributed by atoms with van der Waals surface area (Å²) in [6, 6.07) is 0. The molecule has 0 saturated carbocycles. The van der Waals surface area contributed by atoms with E-state index in [2.05, 4.69) is 15.6 Å². The number of aromatic hydroxyl groups is 2. The van der Waals surface area contributed by atoms with Crippen LogP contribution in [0.4, 0.5) is 5.69 Å². The van der Waals surface area contributed by atoms with Crippen LogP contribution in [-0.2, 0) is 23.8 Å². The van der Waals surface area contributed by atoms with E-state index in [-0.39, 0.29) is 49.7 Å². The van der Waals surface area contributed by atoms with Gasteiger partial charge in [-0.2, -0.15) is 0 Å². The Kier molecular flexibility index (Phi) is 12.1. The number of methoxy groups -OCH3 is 1. The lowest BCUT2D eigenvalue weighted by Crippen LogP contribution is -2.54. The zero-order valence-corrected chi connectivity index (χ0v) is 34.6. The SMILES string of the molecule is CO[C@H]1/C=C\O[C@@]2(C)Oc3c(C)c(O)c4c(O)c(c5c(c4c3C2=O)NC2(CCNCC2)CN=5)=NC(=O)/C(C)=C/C=C\[C@H](C)[C@H](O)[C@@H](C)[C@@H](O)[C@@H](C)[C@@H](OC(C)=O)C1C. The molecule has 1 saturated heterocycles. The number of rotatable bonds is 2. The molecule has 15 heteroatoms. The van der Waals surface area contributed by atoms with Gasteiger partial charge in [-0.1, -0.05) is 45.9 Å². The number of carbonyl (C=O) groups excluding carboxylic acids is 3. The van der Waals surface area contributed by atoms with Gasteiger partial charge in [-0.3, -0.25) is 19.4 Å². The number of phenols is 2. The number of ether oxygens (including phenoxy) is 4. The fraction of sp³-hybridized carbons (Fsp3) is 0.558. The van der Waals surface area contributed by atoms with Gasteiger partial charge in [0.2, 0.25) is 0 Å². The van der Waals surface area contributed by atoms with E-state index in [9.17, 15) is 34.8 Å². The fourth-order valence-corrected chi connectivity index (χ4v) is 8.67. The van der Waals surface area contributed by atoms with Gasteiger partial charge in [0.25, 0.3) is 11.7 Å². The van der Waals surface area contributed by atoms with Gasteiger partial charge >= 0.3 is 11.8 Å². The second kappa shape index (κ2) is 16.4. The van der Waals surface area contributed by atoms with Gasteiger partial charge < -0.3 is 50.0 Å². The Labute approximate surface area is 337 Å². The second-order valence-electron chi connectivity index (χ2n) is 16.5.